The lowest BCUT2D eigenvalue weighted by Gasteiger charge is -2.02. The molecule has 0 atom stereocenters. The fourth-order valence-corrected chi connectivity index (χ4v) is 3.17. The van der Waals surface area contributed by atoms with Gasteiger partial charge in [0.1, 0.15) is 0 Å². The van der Waals surface area contributed by atoms with Crippen molar-refractivity contribution in [3.8, 4) is 0 Å². The van der Waals surface area contributed by atoms with E-state index in [-0.39, 0.29) is 5.78 Å². The lowest BCUT2D eigenvalue weighted by Crippen LogP contribution is -2.02. The fourth-order valence-electron chi connectivity index (χ4n) is 1.64. The highest BCUT2D eigenvalue weighted by Crippen LogP contribution is 2.24. The summed E-state index contributed by atoms with van der Waals surface area (Å²) in [5.41, 5.74) is 7.50. The number of carbonyl (C=O) groups is 1. The van der Waals surface area contributed by atoms with Crippen molar-refractivity contribution in [2.45, 2.75) is 24.1 Å². The summed E-state index contributed by atoms with van der Waals surface area (Å²) < 4.78 is 0.730. The standard InChI is InChI=1S/C13H15N3OS2/c1-2-3-9-4-6-10(7-5-9)11(17)8-18-13-16-15-12(14)19-13/h4-7H,2-3,8H2,1H3,(H2,14,15). The van der Waals surface area contributed by atoms with Crippen LogP contribution in [0.4, 0.5) is 5.13 Å². The van der Waals surface area contributed by atoms with Crippen LogP contribution >= 0.6 is 23.1 Å². The summed E-state index contributed by atoms with van der Waals surface area (Å²) in [5.74, 6) is 0.462. The molecule has 100 valence electrons. The van der Waals surface area contributed by atoms with Gasteiger partial charge in [-0.15, -0.1) is 10.2 Å². The summed E-state index contributed by atoms with van der Waals surface area (Å²) in [4.78, 5) is 12.0. The summed E-state index contributed by atoms with van der Waals surface area (Å²) in [6.45, 7) is 2.14. The molecule has 6 heteroatoms. The number of hydrogen-bond donors (Lipinski definition) is 1. The average Bonchev–Trinajstić information content (AvgIpc) is 2.83. The van der Waals surface area contributed by atoms with Gasteiger partial charge in [-0.25, -0.2) is 0 Å². The largest absolute Gasteiger partial charge is 0.374 e. The number of benzene rings is 1. The van der Waals surface area contributed by atoms with Crippen molar-refractivity contribution in [1.82, 2.24) is 10.2 Å². The van der Waals surface area contributed by atoms with Gasteiger partial charge in [0.15, 0.2) is 10.1 Å². The number of nitrogens with two attached hydrogens (primary N) is 1. The average molecular weight is 293 g/mol. The number of Topliss-reactive ketones (excluding diaryl/α,β-unsaturated/α-hetero) is 1. The van der Waals surface area contributed by atoms with E-state index < -0.39 is 0 Å². The van der Waals surface area contributed by atoms with Gasteiger partial charge >= 0.3 is 0 Å². The van der Waals surface area contributed by atoms with Crippen LogP contribution < -0.4 is 5.73 Å². The van der Waals surface area contributed by atoms with Gasteiger partial charge in [0, 0.05) is 5.56 Å². The maximum absolute atomic E-state index is 12.0. The molecule has 0 unspecified atom stereocenters. The van der Waals surface area contributed by atoms with E-state index in [0.717, 1.165) is 22.7 Å². The van der Waals surface area contributed by atoms with Gasteiger partial charge in [0.25, 0.3) is 0 Å². The molecule has 1 heterocycles. The second kappa shape index (κ2) is 6.68. The van der Waals surface area contributed by atoms with Gasteiger partial charge in [0.05, 0.1) is 5.75 Å². The quantitative estimate of drug-likeness (QED) is 0.655. The van der Waals surface area contributed by atoms with E-state index in [1.807, 2.05) is 24.3 Å². The van der Waals surface area contributed by atoms with Crippen molar-refractivity contribution in [3.05, 3.63) is 35.4 Å². The van der Waals surface area contributed by atoms with Gasteiger partial charge in [-0.1, -0.05) is 60.7 Å². The molecule has 0 fully saturated rings. The summed E-state index contributed by atoms with van der Waals surface area (Å²) in [6, 6.07) is 7.82. The molecule has 0 aliphatic rings. The van der Waals surface area contributed by atoms with Crippen molar-refractivity contribution in [1.29, 1.82) is 0 Å². The third-order valence-corrected chi connectivity index (χ3v) is 4.45. The highest BCUT2D eigenvalue weighted by molar-refractivity contribution is 8.01. The Morgan fingerprint density at radius 3 is 2.63 bits per heavy atom. The zero-order valence-corrected chi connectivity index (χ0v) is 12.3. The Balaban J connectivity index is 1.92. The second-order valence-corrected chi connectivity index (χ2v) is 6.30. The van der Waals surface area contributed by atoms with Gasteiger partial charge in [-0.05, 0) is 12.0 Å². The Labute approximate surface area is 120 Å². The smallest absolute Gasteiger partial charge is 0.203 e. The highest BCUT2D eigenvalue weighted by atomic mass is 32.2. The van der Waals surface area contributed by atoms with Crippen molar-refractivity contribution in [3.63, 3.8) is 0 Å². The van der Waals surface area contributed by atoms with Gasteiger partial charge < -0.3 is 5.73 Å². The lowest BCUT2D eigenvalue weighted by atomic mass is 10.1. The van der Waals surface area contributed by atoms with Gasteiger partial charge in [-0.2, -0.15) is 0 Å². The van der Waals surface area contributed by atoms with E-state index in [1.165, 1.54) is 28.7 Å². The molecule has 2 N–H and O–H groups in total. The predicted octanol–water partition coefficient (Wildman–Crippen LogP) is 3.05. The number of nitrogen functional groups attached to an aromatic ring is 1. The second-order valence-electron chi connectivity index (χ2n) is 4.06. The molecule has 2 aromatic rings. The number of thioether (sulfide) groups is 1. The number of anilines is 1. The Bertz CT molecular complexity index is 551. The van der Waals surface area contributed by atoms with Crippen LogP contribution in [-0.4, -0.2) is 21.7 Å². The van der Waals surface area contributed by atoms with Crippen LogP contribution in [0.2, 0.25) is 0 Å². The molecule has 0 spiro atoms. The zero-order valence-electron chi connectivity index (χ0n) is 10.6. The van der Waals surface area contributed by atoms with Gasteiger partial charge in [-0.3, -0.25) is 4.79 Å². The van der Waals surface area contributed by atoms with Crippen molar-refractivity contribution < 1.29 is 4.79 Å². The van der Waals surface area contributed by atoms with Crippen LogP contribution in [0.15, 0.2) is 28.6 Å². The normalized spacial score (nSPS) is 10.6. The third kappa shape index (κ3) is 4.04. The summed E-state index contributed by atoms with van der Waals surface area (Å²) in [7, 11) is 0. The minimum absolute atomic E-state index is 0.0989. The Morgan fingerprint density at radius 2 is 2.05 bits per heavy atom. The van der Waals surface area contributed by atoms with Crippen LogP contribution in [-0.2, 0) is 6.42 Å². The van der Waals surface area contributed by atoms with Crippen molar-refractivity contribution in [2.75, 3.05) is 11.5 Å². The number of rotatable bonds is 6. The van der Waals surface area contributed by atoms with E-state index in [0.29, 0.717) is 10.9 Å². The Hall–Kier alpha value is -1.40. The molecule has 0 aliphatic carbocycles. The molecule has 0 saturated carbocycles. The number of carbonyl (C=O) groups excluding carboxylic acids is 1. The zero-order chi connectivity index (χ0) is 13.7. The maximum atomic E-state index is 12.0. The number of hydrogen-bond acceptors (Lipinski definition) is 6. The highest BCUT2D eigenvalue weighted by Gasteiger charge is 2.09. The molecule has 0 aliphatic heterocycles. The molecular weight excluding hydrogens is 278 g/mol. The monoisotopic (exact) mass is 293 g/mol. The van der Waals surface area contributed by atoms with Crippen molar-refractivity contribution >= 4 is 34.0 Å². The molecule has 19 heavy (non-hydrogen) atoms. The first-order valence-corrected chi connectivity index (χ1v) is 7.83. The topological polar surface area (TPSA) is 68.9 Å². The van der Waals surface area contributed by atoms with E-state index in [2.05, 4.69) is 17.1 Å². The molecule has 2 rings (SSSR count). The molecule has 1 aromatic heterocycles. The van der Waals surface area contributed by atoms with Crippen LogP contribution in [0.1, 0.15) is 29.3 Å². The summed E-state index contributed by atoms with van der Waals surface area (Å²) in [6.07, 6.45) is 2.16. The molecule has 0 saturated heterocycles. The SMILES string of the molecule is CCCc1ccc(C(=O)CSc2nnc(N)s2)cc1. The molecule has 0 amide bonds. The summed E-state index contributed by atoms with van der Waals surface area (Å²) in [5, 5.41) is 8.02. The Morgan fingerprint density at radius 1 is 1.32 bits per heavy atom. The van der Waals surface area contributed by atoms with E-state index in [4.69, 9.17) is 5.73 Å². The van der Waals surface area contributed by atoms with Gasteiger partial charge in [0.2, 0.25) is 5.13 Å². The first-order chi connectivity index (χ1) is 9.19. The van der Waals surface area contributed by atoms with Crippen LogP contribution in [0.25, 0.3) is 0 Å². The third-order valence-electron chi connectivity index (χ3n) is 2.56. The first-order valence-electron chi connectivity index (χ1n) is 6.03. The number of aryl methyl sites for hydroxylation is 1. The molecule has 4 nitrogen and oxygen atoms in total. The number of nitrogens with zero attached hydrogens (tertiary/aromatic N) is 2. The molecule has 0 bridgehead atoms. The number of aromatic nitrogens is 2. The van der Waals surface area contributed by atoms with Crippen LogP contribution in [0.5, 0.6) is 0 Å². The fraction of sp³-hybridized carbons (Fsp3) is 0.308. The van der Waals surface area contributed by atoms with Crippen LogP contribution in [0.3, 0.4) is 0 Å². The van der Waals surface area contributed by atoms with Crippen molar-refractivity contribution in [2.24, 2.45) is 0 Å². The maximum Gasteiger partial charge on any atom is 0.203 e. The van der Waals surface area contributed by atoms with Crippen LogP contribution in [0, 0.1) is 0 Å². The lowest BCUT2D eigenvalue weighted by molar-refractivity contribution is 0.102. The van der Waals surface area contributed by atoms with E-state index in [1.54, 1.807) is 0 Å². The first kappa shape index (κ1) is 14.0. The minimum atomic E-state index is 0.0989. The molecule has 0 radical (unpaired) electrons. The molecule has 1 aromatic carbocycles. The molecular formula is C13H15N3OS2. The predicted molar refractivity (Wildman–Crippen MR) is 79.8 cm³/mol. The Kier molecular flexibility index (Phi) is 4.93. The van der Waals surface area contributed by atoms with E-state index in [9.17, 15) is 4.79 Å². The minimum Gasteiger partial charge on any atom is -0.374 e. The van der Waals surface area contributed by atoms with E-state index >= 15 is 0 Å². The number of ketones is 1. The summed E-state index contributed by atoms with van der Waals surface area (Å²) >= 11 is 2.67.